The molecule has 0 bridgehead atoms. The number of halogens is 1. The number of benzene rings is 1. The van der Waals surface area contributed by atoms with Gasteiger partial charge in [0.05, 0.1) is 5.52 Å². The summed E-state index contributed by atoms with van der Waals surface area (Å²) in [6, 6.07) is 7.76. The van der Waals surface area contributed by atoms with Crippen LogP contribution in [-0.2, 0) is 0 Å². The maximum atomic E-state index is 9.05. The van der Waals surface area contributed by atoms with Gasteiger partial charge < -0.3 is 26.0 Å². The SMILES string of the molecule is OCCCNc1nc(NCCCCNc2ccnc3cc(Cl)ccc23)nc(N2CCCCC2)n1. The number of rotatable bonds is 12. The predicted molar refractivity (Wildman–Crippen MR) is 139 cm³/mol. The average Bonchev–Trinajstić information content (AvgIpc) is 2.86. The van der Waals surface area contributed by atoms with Crippen molar-refractivity contribution >= 4 is 46.0 Å². The summed E-state index contributed by atoms with van der Waals surface area (Å²) < 4.78 is 0. The van der Waals surface area contributed by atoms with Crippen molar-refractivity contribution in [3.8, 4) is 0 Å². The summed E-state index contributed by atoms with van der Waals surface area (Å²) in [6.07, 6.45) is 8.00. The summed E-state index contributed by atoms with van der Waals surface area (Å²) in [5.74, 6) is 1.86. The molecule has 4 rings (SSSR count). The first-order valence-corrected chi connectivity index (χ1v) is 12.5. The smallest absolute Gasteiger partial charge is 0.231 e. The number of fused-ring (bicyclic) bond motifs is 1. The van der Waals surface area contributed by atoms with Crippen molar-refractivity contribution in [2.24, 2.45) is 0 Å². The molecule has 2 aromatic heterocycles. The van der Waals surface area contributed by atoms with E-state index in [2.05, 4.69) is 40.8 Å². The molecule has 10 heteroatoms. The number of hydrogen-bond donors (Lipinski definition) is 4. The van der Waals surface area contributed by atoms with Gasteiger partial charge in [-0.05, 0) is 62.8 Å². The number of aliphatic hydroxyl groups excluding tert-OH is 1. The van der Waals surface area contributed by atoms with E-state index in [-0.39, 0.29) is 6.61 Å². The van der Waals surface area contributed by atoms with Crippen LogP contribution in [0.4, 0.5) is 23.5 Å². The van der Waals surface area contributed by atoms with E-state index in [0.29, 0.717) is 29.9 Å². The van der Waals surface area contributed by atoms with E-state index in [1.54, 1.807) is 6.20 Å². The molecule has 0 amide bonds. The Morgan fingerprint density at radius 2 is 1.56 bits per heavy atom. The van der Waals surface area contributed by atoms with Crippen molar-refractivity contribution < 1.29 is 5.11 Å². The molecular weight excluding hydrogens is 452 g/mol. The van der Waals surface area contributed by atoms with E-state index in [9.17, 15) is 0 Å². The highest BCUT2D eigenvalue weighted by atomic mass is 35.5. The second kappa shape index (κ2) is 12.5. The third-order valence-corrected chi connectivity index (χ3v) is 6.02. The van der Waals surface area contributed by atoms with E-state index in [0.717, 1.165) is 74.4 Å². The monoisotopic (exact) mass is 484 g/mol. The number of aromatic nitrogens is 4. The number of pyridine rings is 1. The molecule has 0 atom stereocenters. The highest BCUT2D eigenvalue weighted by molar-refractivity contribution is 6.31. The van der Waals surface area contributed by atoms with Gasteiger partial charge in [0.15, 0.2) is 0 Å². The van der Waals surface area contributed by atoms with E-state index < -0.39 is 0 Å². The van der Waals surface area contributed by atoms with Gasteiger partial charge in [-0.1, -0.05) is 11.6 Å². The fraction of sp³-hybridized carbons (Fsp3) is 0.500. The molecule has 3 heterocycles. The predicted octanol–water partition coefficient (Wildman–Crippen LogP) is 4.16. The number of unbranched alkanes of at least 4 members (excludes halogenated alkanes) is 1. The first-order valence-electron chi connectivity index (χ1n) is 12.1. The Kier molecular flexibility index (Phi) is 8.92. The lowest BCUT2D eigenvalue weighted by Crippen LogP contribution is -2.31. The molecule has 4 N–H and O–H groups in total. The summed E-state index contributed by atoms with van der Waals surface area (Å²) in [5, 5.41) is 20.9. The second-order valence-corrected chi connectivity index (χ2v) is 8.85. The van der Waals surface area contributed by atoms with Gasteiger partial charge >= 0.3 is 0 Å². The van der Waals surface area contributed by atoms with Crippen LogP contribution in [-0.4, -0.2) is 64.4 Å². The fourth-order valence-electron chi connectivity index (χ4n) is 3.99. The van der Waals surface area contributed by atoms with Crippen LogP contribution in [0.3, 0.4) is 0 Å². The highest BCUT2D eigenvalue weighted by Crippen LogP contribution is 2.24. The van der Waals surface area contributed by atoms with Crippen LogP contribution in [0.15, 0.2) is 30.5 Å². The lowest BCUT2D eigenvalue weighted by atomic mass is 10.1. The molecule has 3 aromatic rings. The molecule has 0 radical (unpaired) electrons. The summed E-state index contributed by atoms with van der Waals surface area (Å²) in [6.45, 7) is 4.34. The van der Waals surface area contributed by atoms with Gasteiger partial charge in [-0.2, -0.15) is 15.0 Å². The molecule has 1 fully saturated rings. The second-order valence-electron chi connectivity index (χ2n) is 8.41. The number of nitrogens with zero attached hydrogens (tertiary/aromatic N) is 5. The lowest BCUT2D eigenvalue weighted by Gasteiger charge is -2.27. The van der Waals surface area contributed by atoms with E-state index >= 15 is 0 Å². The summed E-state index contributed by atoms with van der Waals surface area (Å²) in [7, 11) is 0. The highest BCUT2D eigenvalue weighted by Gasteiger charge is 2.16. The number of hydrogen-bond acceptors (Lipinski definition) is 9. The maximum absolute atomic E-state index is 9.05. The fourth-order valence-corrected chi connectivity index (χ4v) is 4.15. The molecule has 9 nitrogen and oxygen atoms in total. The van der Waals surface area contributed by atoms with Gasteiger partial charge in [-0.3, -0.25) is 4.98 Å². The number of piperidine rings is 1. The average molecular weight is 485 g/mol. The normalized spacial score (nSPS) is 13.8. The van der Waals surface area contributed by atoms with Crippen LogP contribution in [0, 0.1) is 0 Å². The van der Waals surface area contributed by atoms with Gasteiger partial charge in [-0.15, -0.1) is 0 Å². The minimum absolute atomic E-state index is 0.138. The summed E-state index contributed by atoms with van der Waals surface area (Å²) in [4.78, 5) is 20.4. The molecule has 1 saturated heterocycles. The number of anilines is 4. The lowest BCUT2D eigenvalue weighted by molar-refractivity contribution is 0.292. The Balaban J connectivity index is 1.28. The van der Waals surface area contributed by atoms with Crippen LogP contribution in [0.5, 0.6) is 0 Å². The van der Waals surface area contributed by atoms with Gasteiger partial charge in [-0.25, -0.2) is 0 Å². The Bertz CT molecular complexity index is 1060. The van der Waals surface area contributed by atoms with Gasteiger partial charge in [0.2, 0.25) is 17.8 Å². The third-order valence-electron chi connectivity index (χ3n) is 5.79. The molecular formula is C24H33ClN8O. The first kappa shape index (κ1) is 24.2. The zero-order valence-electron chi connectivity index (χ0n) is 19.4. The Morgan fingerprint density at radius 3 is 2.29 bits per heavy atom. The standard InChI is InChI=1S/C24H33ClN8O/c25-18-7-8-19-20(9-13-27-21(19)17-18)26-10-2-3-11-28-22-30-23(29-12-6-16-34)32-24(31-22)33-14-4-1-5-15-33/h7-9,13,17,34H,1-6,10-12,14-16H2,(H,26,27)(H2,28,29,30,31,32). The van der Waals surface area contributed by atoms with Gasteiger partial charge in [0.1, 0.15) is 0 Å². The van der Waals surface area contributed by atoms with Crippen LogP contribution in [0.2, 0.25) is 5.02 Å². The van der Waals surface area contributed by atoms with E-state index in [4.69, 9.17) is 16.7 Å². The summed E-state index contributed by atoms with van der Waals surface area (Å²) >= 11 is 6.08. The molecule has 0 saturated carbocycles. The quantitative estimate of drug-likeness (QED) is 0.281. The van der Waals surface area contributed by atoms with Crippen molar-refractivity contribution in [2.75, 3.05) is 60.2 Å². The Morgan fingerprint density at radius 1 is 0.853 bits per heavy atom. The minimum atomic E-state index is 0.138. The van der Waals surface area contributed by atoms with E-state index in [1.807, 2.05) is 24.3 Å². The van der Waals surface area contributed by atoms with E-state index in [1.165, 1.54) is 6.42 Å². The topological polar surface area (TPSA) is 111 Å². The zero-order chi connectivity index (χ0) is 23.6. The third kappa shape index (κ3) is 6.80. The first-order chi connectivity index (χ1) is 16.7. The van der Waals surface area contributed by atoms with Crippen LogP contribution >= 0.6 is 11.6 Å². The number of aliphatic hydroxyl groups is 1. The van der Waals surface area contributed by atoms with Crippen molar-refractivity contribution in [1.29, 1.82) is 0 Å². The zero-order valence-corrected chi connectivity index (χ0v) is 20.2. The van der Waals surface area contributed by atoms with Crippen molar-refractivity contribution in [3.05, 3.63) is 35.5 Å². The van der Waals surface area contributed by atoms with Crippen molar-refractivity contribution in [3.63, 3.8) is 0 Å². The molecule has 182 valence electrons. The van der Waals surface area contributed by atoms with Crippen LogP contribution in [0.1, 0.15) is 38.5 Å². The molecule has 0 unspecified atom stereocenters. The van der Waals surface area contributed by atoms with Gasteiger partial charge in [0, 0.05) is 61.6 Å². The van der Waals surface area contributed by atoms with Crippen LogP contribution < -0.4 is 20.9 Å². The largest absolute Gasteiger partial charge is 0.396 e. The summed E-state index contributed by atoms with van der Waals surface area (Å²) in [5.41, 5.74) is 1.96. The van der Waals surface area contributed by atoms with Crippen molar-refractivity contribution in [1.82, 2.24) is 19.9 Å². The van der Waals surface area contributed by atoms with Crippen LogP contribution in [0.25, 0.3) is 10.9 Å². The molecule has 1 aromatic carbocycles. The minimum Gasteiger partial charge on any atom is -0.396 e. The number of nitrogens with one attached hydrogen (secondary N) is 3. The molecule has 0 spiro atoms. The molecule has 0 aliphatic carbocycles. The Labute approximate surface area is 205 Å². The molecule has 1 aliphatic heterocycles. The molecule has 34 heavy (non-hydrogen) atoms. The van der Waals surface area contributed by atoms with Gasteiger partial charge in [0.25, 0.3) is 0 Å². The van der Waals surface area contributed by atoms with Crippen molar-refractivity contribution in [2.45, 2.75) is 38.5 Å². The maximum Gasteiger partial charge on any atom is 0.231 e. The Hall–Kier alpha value is -2.91. The molecule has 1 aliphatic rings.